The lowest BCUT2D eigenvalue weighted by Crippen LogP contribution is -2.33. The van der Waals surface area contributed by atoms with Crippen LogP contribution in [0.2, 0.25) is 0 Å². The van der Waals surface area contributed by atoms with Gasteiger partial charge in [0.2, 0.25) is 0 Å². The summed E-state index contributed by atoms with van der Waals surface area (Å²) in [6, 6.07) is 8.24. The average molecular weight is 381 g/mol. The number of nitrogens with one attached hydrogen (secondary N) is 1. The summed E-state index contributed by atoms with van der Waals surface area (Å²) < 4.78 is 10.8. The van der Waals surface area contributed by atoms with E-state index in [4.69, 9.17) is 9.47 Å². The molecule has 1 N–H and O–H groups in total. The maximum absolute atomic E-state index is 12.4. The molecule has 1 amide bonds. The van der Waals surface area contributed by atoms with E-state index in [1.807, 2.05) is 12.1 Å². The lowest BCUT2D eigenvalue weighted by molar-refractivity contribution is 0.0933. The number of benzene rings is 1. The molecule has 1 saturated carbocycles. The molecule has 6 heteroatoms. The van der Waals surface area contributed by atoms with Crippen LogP contribution in [0.4, 0.5) is 5.69 Å². The Morgan fingerprint density at radius 3 is 2.46 bits per heavy atom. The maximum atomic E-state index is 12.4. The van der Waals surface area contributed by atoms with E-state index in [0.717, 1.165) is 49.5 Å². The first-order chi connectivity index (χ1) is 13.7. The van der Waals surface area contributed by atoms with E-state index in [2.05, 4.69) is 27.3 Å². The lowest BCUT2D eigenvalue weighted by atomic mass is 9.98. The number of carbonyl (C=O) groups excluding carboxylic acids is 1. The highest BCUT2D eigenvalue weighted by Gasteiger charge is 2.21. The van der Waals surface area contributed by atoms with Gasteiger partial charge in [0.25, 0.3) is 5.91 Å². The molecule has 0 radical (unpaired) electrons. The van der Waals surface area contributed by atoms with Gasteiger partial charge in [-0.1, -0.05) is 12.8 Å². The van der Waals surface area contributed by atoms with Crippen LogP contribution in [0.25, 0.3) is 0 Å². The van der Waals surface area contributed by atoms with E-state index in [1.165, 1.54) is 24.0 Å². The van der Waals surface area contributed by atoms with Crippen LogP contribution in [0.15, 0.2) is 30.5 Å². The zero-order valence-electron chi connectivity index (χ0n) is 16.5. The number of hydrogen-bond donors (Lipinski definition) is 1. The van der Waals surface area contributed by atoms with Gasteiger partial charge in [0.15, 0.2) is 11.5 Å². The Hall–Kier alpha value is -2.76. The topological polar surface area (TPSA) is 63.7 Å². The van der Waals surface area contributed by atoms with Crippen LogP contribution in [-0.2, 0) is 13.0 Å². The molecule has 1 aliphatic carbocycles. The molecule has 0 saturated heterocycles. The number of anilines is 1. The Labute approximate surface area is 165 Å². The lowest BCUT2D eigenvalue weighted by Gasteiger charge is -2.31. The van der Waals surface area contributed by atoms with Crippen LogP contribution in [0.1, 0.15) is 47.3 Å². The Morgan fingerprint density at radius 2 is 1.82 bits per heavy atom. The number of aromatic nitrogens is 1. The summed E-state index contributed by atoms with van der Waals surface area (Å²) >= 11 is 0. The van der Waals surface area contributed by atoms with Gasteiger partial charge in [-0.05, 0) is 54.7 Å². The van der Waals surface area contributed by atoms with Gasteiger partial charge in [0.05, 0.1) is 26.1 Å². The van der Waals surface area contributed by atoms with Gasteiger partial charge in [-0.15, -0.1) is 0 Å². The molecular formula is C22H27N3O3. The summed E-state index contributed by atoms with van der Waals surface area (Å²) in [4.78, 5) is 19.1. The second kappa shape index (κ2) is 8.09. The van der Waals surface area contributed by atoms with Gasteiger partial charge in [-0.3, -0.25) is 4.79 Å². The monoisotopic (exact) mass is 381 g/mol. The number of nitrogens with zero attached hydrogens (tertiary/aromatic N) is 2. The number of rotatable bonds is 5. The zero-order chi connectivity index (χ0) is 19.5. The SMILES string of the molecule is COc1cc2c(cc1OC)CN(c1ccc(C(=O)NC3CCCC3)nc1)CC2. The molecule has 6 nitrogen and oxygen atoms in total. The van der Waals surface area contributed by atoms with Crippen molar-refractivity contribution in [3.63, 3.8) is 0 Å². The van der Waals surface area contributed by atoms with E-state index in [9.17, 15) is 4.79 Å². The van der Waals surface area contributed by atoms with Gasteiger partial charge in [0, 0.05) is 19.1 Å². The summed E-state index contributed by atoms with van der Waals surface area (Å²) in [6.45, 7) is 1.68. The zero-order valence-corrected chi connectivity index (χ0v) is 16.5. The summed E-state index contributed by atoms with van der Waals surface area (Å²) in [6.07, 6.45) is 7.28. The summed E-state index contributed by atoms with van der Waals surface area (Å²) in [5.41, 5.74) is 4.03. The highest BCUT2D eigenvalue weighted by molar-refractivity contribution is 5.92. The molecule has 2 heterocycles. The Balaban J connectivity index is 1.46. The fraction of sp³-hybridized carbons (Fsp3) is 0.455. The smallest absolute Gasteiger partial charge is 0.270 e. The third-order valence-electron chi connectivity index (χ3n) is 5.75. The summed E-state index contributed by atoms with van der Waals surface area (Å²) in [5.74, 6) is 1.45. The molecule has 148 valence electrons. The van der Waals surface area contributed by atoms with Crippen molar-refractivity contribution in [3.05, 3.63) is 47.3 Å². The van der Waals surface area contributed by atoms with Gasteiger partial charge in [0.1, 0.15) is 5.69 Å². The van der Waals surface area contributed by atoms with Gasteiger partial charge >= 0.3 is 0 Å². The molecule has 1 aromatic carbocycles. The van der Waals surface area contributed by atoms with Crippen molar-refractivity contribution in [1.82, 2.24) is 10.3 Å². The van der Waals surface area contributed by atoms with Crippen molar-refractivity contribution in [3.8, 4) is 11.5 Å². The third kappa shape index (κ3) is 3.77. The van der Waals surface area contributed by atoms with Gasteiger partial charge in [-0.25, -0.2) is 4.98 Å². The molecule has 0 atom stereocenters. The van der Waals surface area contributed by atoms with Crippen LogP contribution in [-0.4, -0.2) is 37.7 Å². The van der Waals surface area contributed by atoms with E-state index in [-0.39, 0.29) is 5.91 Å². The number of hydrogen-bond acceptors (Lipinski definition) is 5. The summed E-state index contributed by atoms with van der Waals surface area (Å²) in [7, 11) is 3.32. The molecule has 2 aliphatic rings. The predicted molar refractivity (Wildman–Crippen MR) is 108 cm³/mol. The van der Waals surface area contributed by atoms with Crippen LogP contribution in [0.3, 0.4) is 0 Å². The van der Waals surface area contributed by atoms with Crippen molar-refractivity contribution in [2.75, 3.05) is 25.7 Å². The quantitative estimate of drug-likeness (QED) is 0.861. The Bertz CT molecular complexity index is 845. The maximum Gasteiger partial charge on any atom is 0.270 e. The average Bonchev–Trinajstić information content (AvgIpc) is 3.25. The fourth-order valence-corrected chi connectivity index (χ4v) is 4.14. The molecule has 0 unspecified atom stereocenters. The summed E-state index contributed by atoms with van der Waals surface area (Å²) in [5, 5.41) is 3.09. The minimum atomic E-state index is -0.0701. The number of fused-ring (bicyclic) bond motifs is 1. The van der Waals surface area contributed by atoms with Crippen LogP contribution in [0.5, 0.6) is 11.5 Å². The van der Waals surface area contributed by atoms with Crippen LogP contribution >= 0.6 is 0 Å². The van der Waals surface area contributed by atoms with Gasteiger partial charge < -0.3 is 19.7 Å². The third-order valence-corrected chi connectivity index (χ3v) is 5.75. The minimum Gasteiger partial charge on any atom is -0.493 e. The number of pyridine rings is 1. The van der Waals surface area contributed by atoms with Crippen LogP contribution < -0.4 is 19.7 Å². The second-order valence-corrected chi connectivity index (χ2v) is 7.50. The van der Waals surface area contributed by atoms with Crippen molar-refractivity contribution >= 4 is 11.6 Å². The van der Waals surface area contributed by atoms with E-state index in [1.54, 1.807) is 20.4 Å². The van der Waals surface area contributed by atoms with Crippen molar-refractivity contribution in [2.24, 2.45) is 0 Å². The number of carbonyl (C=O) groups is 1. The largest absolute Gasteiger partial charge is 0.493 e. The molecule has 1 aliphatic heterocycles. The molecule has 2 aromatic rings. The first-order valence-electron chi connectivity index (χ1n) is 9.93. The van der Waals surface area contributed by atoms with Crippen molar-refractivity contribution in [2.45, 2.75) is 44.7 Å². The number of amides is 1. The number of ether oxygens (including phenoxy) is 2. The molecule has 4 rings (SSSR count). The molecule has 0 spiro atoms. The first-order valence-corrected chi connectivity index (χ1v) is 9.93. The molecule has 28 heavy (non-hydrogen) atoms. The van der Waals surface area contributed by atoms with Gasteiger partial charge in [-0.2, -0.15) is 0 Å². The van der Waals surface area contributed by atoms with E-state index < -0.39 is 0 Å². The second-order valence-electron chi connectivity index (χ2n) is 7.50. The Morgan fingerprint density at radius 1 is 1.11 bits per heavy atom. The highest BCUT2D eigenvalue weighted by atomic mass is 16.5. The van der Waals surface area contributed by atoms with E-state index in [0.29, 0.717) is 11.7 Å². The van der Waals surface area contributed by atoms with Crippen molar-refractivity contribution in [1.29, 1.82) is 0 Å². The molecular weight excluding hydrogens is 354 g/mol. The van der Waals surface area contributed by atoms with Crippen LogP contribution in [0, 0.1) is 0 Å². The molecule has 1 fully saturated rings. The van der Waals surface area contributed by atoms with Crippen molar-refractivity contribution < 1.29 is 14.3 Å². The number of methoxy groups -OCH3 is 2. The fourth-order valence-electron chi connectivity index (χ4n) is 4.14. The predicted octanol–water partition coefficient (Wildman–Crippen LogP) is 3.33. The highest BCUT2D eigenvalue weighted by Crippen LogP contribution is 2.34. The molecule has 1 aromatic heterocycles. The molecule has 0 bridgehead atoms. The first kappa shape index (κ1) is 18.6. The Kier molecular flexibility index (Phi) is 5.37. The standard InChI is InChI=1S/C22H27N3O3/c1-27-20-11-15-9-10-25(14-16(15)12-21(20)28-2)18-7-8-19(23-13-18)22(26)24-17-5-3-4-6-17/h7-8,11-13,17H,3-6,9-10,14H2,1-2H3,(H,24,26). The minimum absolute atomic E-state index is 0.0701. The normalized spacial score (nSPS) is 16.6. The van der Waals surface area contributed by atoms with E-state index >= 15 is 0 Å².